The molecule has 0 aliphatic heterocycles. The van der Waals surface area contributed by atoms with Crippen molar-refractivity contribution in [3.8, 4) is 11.3 Å². The van der Waals surface area contributed by atoms with Gasteiger partial charge in [0.25, 0.3) is 5.91 Å². The molecule has 6 heteroatoms. The molecule has 0 aliphatic carbocycles. The van der Waals surface area contributed by atoms with E-state index in [2.05, 4.69) is 53.8 Å². The number of nitrogens with one attached hydrogen (secondary N) is 1. The number of pyridine rings is 1. The van der Waals surface area contributed by atoms with E-state index in [0.29, 0.717) is 22.7 Å². The molecule has 2 aromatic carbocycles. The van der Waals surface area contributed by atoms with Crippen LogP contribution in [0.1, 0.15) is 41.2 Å². The number of rotatable bonds is 6. The minimum absolute atomic E-state index is 0.320. The second kappa shape index (κ2) is 9.36. The van der Waals surface area contributed by atoms with E-state index in [1.807, 2.05) is 24.3 Å². The molecule has 0 bridgehead atoms. The Hall–Kier alpha value is -3.80. The Morgan fingerprint density at radius 3 is 2.58 bits per heavy atom. The first-order valence-corrected chi connectivity index (χ1v) is 11.0. The number of aromatic nitrogens is 2. The summed E-state index contributed by atoms with van der Waals surface area (Å²) >= 11 is 0. The van der Waals surface area contributed by atoms with Crippen LogP contribution in [0.25, 0.3) is 22.2 Å². The topological polar surface area (TPSA) is 59.3 Å². The maximum absolute atomic E-state index is 13.4. The fraction of sp³-hybridized carbons (Fsp3) is 0.222. The summed E-state index contributed by atoms with van der Waals surface area (Å²) in [5.74, 6) is -0.113. The summed E-state index contributed by atoms with van der Waals surface area (Å²) in [5, 5.41) is 4.95. The van der Waals surface area contributed by atoms with Crippen LogP contribution in [0, 0.1) is 25.6 Å². The van der Waals surface area contributed by atoms with Gasteiger partial charge in [-0.3, -0.25) is 4.79 Å². The van der Waals surface area contributed by atoms with Gasteiger partial charge in [0.05, 0.1) is 23.0 Å². The van der Waals surface area contributed by atoms with Gasteiger partial charge in [0.1, 0.15) is 5.82 Å². The number of carbonyl (C=O) groups is 1. The number of hydrogen-bond donors (Lipinski definition) is 1. The van der Waals surface area contributed by atoms with Gasteiger partial charge in [0.2, 0.25) is 0 Å². The minimum atomic E-state index is -0.329. The molecule has 2 aromatic heterocycles. The highest BCUT2D eigenvalue weighted by Crippen LogP contribution is 2.25. The van der Waals surface area contributed by atoms with Crippen LogP contribution < -0.4 is 5.43 Å². The average molecular weight is 443 g/mol. The summed E-state index contributed by atoms with van der Waals surface area (Å²) in [7, 11) is 0. The molecule has 0 spiro atoms. The highest BCUT2D eigenvalue weighted by Gasteiger charge is 2.14. The van der Waals surface area contributed by atoms with Gasteiger partial charge in [-0.05, 0) is 62.2 Å². The van der Waals surface area contributed by atoms with E-state index in [9.17, 15) is 9.18 Å². The first-order chi connectivity index (χ1) is 15.8. The number of carbonyl (C=O) groups excluding carboxylic acids is 1. The van der Waals surface area contributed by atoms with Crippen molar-refractivity contribution in [2.24, 2.45) is 11.0 Å². The number of hydrogen-bond acceptors (Lipinski definition) is 3. The van der Waals surface area contributed by atoms with Gasteiger partial charge in [-0.1, -0.05) is 32.0 Å². The van der Waals surface area contributed by atoms with Crippen LogP contribution in [0.5, 0.6) is 0 Å². The van der Waals surface area contributed by atoms with Crippen molar-refractivity contribution < 1.29 is 9.18 Å². The predicted octanol–water partition coefficient (Wildman–Crippen LogP) is 5.88. The van der Waals surface area contributed by atoms with Crippen LogP contribution >= 0.6 is 0 Å². The van der Waals surface area contributed by atoms with Crippen LogP contribution in [0.3, 0.4) is 0 Å². The molecule has 5 nitrogen and oxygen atoms in total. The van der Waals surface area contributed by atoms with Crippen molar-refractivity contribution in [1.82, 2.24) is 15.0 Å². The van der Waals surface area contributed by atoms with Crippen LogP contribution in [0.4, 0.5) is 4.39 Å². The summed E-state index contributed by atoms with van der Waals surface area (Å²) < 4.78 is 15.6. The number of nitrogens with zero attached hydrogens (tertiary/aromatic N) is 3. The molecule has 0 atom stereocenters. The molecule has 2 heterocycles. The quantitative estimate of drug-likeness (QED) is 0.299. The smallest absolute Gasteiger partial charge is 0.272 e. The summed E-state index contributed by atoms with van der Waals surface area (Å²) in [5.41, 5.74) is 8.39. The highest BCUT2D eigenvalue weighted by atomic mass is 19.1. The molecule has 0 saturated carbocycles. The number of amides is 1. The molecule has 0 radical (unpaired) electrons. The third kappa shape index (κ3) is 4.85. The zero-order chi connectivity index (χ0) is 23.5. The number of aryl methyl sites for hydroxylation is 1. The van der Waals surface area contributed by atoms with Gasteiger partial charge in [0.15, 0.2) is 0 Å². The lowest BCUT2D eigenvalue weighted by Crippen LogP contribution is -2.18. The Morgan fingerprint density at radius 1 is 1.12 bits per heavy atom. The Bertz CT molecular complexity index is 1340. The largest absolute Gasteiger partial charge is 0.348 e. The molecule has 168 valence electrons. The van der Waals surface area contributed by atoms with Gasteiger partial charge in [-0.15, -0.1) is 0 Å². The average Bonchev–Trinajstić information content (AvgIpc) is 3.06. The van der Waals surface area contributed by atoms with E-state index >= 15 is 0 Å². The van der Waals surface area contributed by atoms with Crippen LogP contribution in [-0.4, -0.2) is 21.7 Å². The van der Waals surface area contributed by atoms with E-state index < -0.39 is 0 Å². The van der Waals surface area contributed by atoms with Crippen LogP contribution in [-0.2, 0) is 6.54 Å². The van der Waals surface area contributed by atoms with Gasteiger partial charge >= 0.3 is 0 Å². The van der Waals surface area contributed by atoms with E-state index in [1.54, 1.807) is 24.4 Å². The fourth-order valence-corrected chi connectivity index (χ4v) is 3.96. The molecule has 0 aliphatic rings. The summed E-state index contributed by atoms with van der Waals surface area (Å²) in [6.45, 7) is 9.44. The summed E-state index contributed by atoms with van der Waals surface area (Å²) in [6, 6.07) is 17.3. The normalized spacial score (nSPS) is 11.6. The van der Waals surface area contributed by atoms with E-state index in [0.717, 1.165) is 34.4 Å². The zero-order valence-corrected chi connectivity index (χ0v) is 19.3. The number of para-hydroxylation sites is 1. The third-order valence-electron chi connectivity index (χ3n) is 5.63. The molecule has 0 saturated heterocycles. The summed E-state index contributed by atoms with van der Waals surface area (Å²) in [6.07, 6.45) is 1.68. The molecule has 0 fully saturated rings. The lowest BCUT2D eigenvalue weighted by atomic mass is 10.0. The van der Waals surface area contributed by atoms with Crippen LogP contribution in [0.15, 0.2) is 65.8 Å². The minimum Gasteiger partial charge on any atom is -0.348 e. The van der Waals surface area contributed by atoms with Crippen molar-refractivity contribution >= 4 is 23.0 Å². The number of benzene rings is 2. The molecular formula is C27H27FN4O. The fourth-order valence-electron chi connectivity index (χ4n) is 3.96. The van der Waals surface area contributed by atoms with E-state index in [-0.39, 0.29) is 11.7 Å². The van der Waals surface area contributed by atoms with Gasteiger partial charge in [-0.2, -0.15) is 5.10 Å². The van der Waals surface area contributed by atoms with Crippen molar-refractivity contribution in [3.05, 3.63) is 89.0 Å². The number of halogens is 1. The maximum Gasteiger partial charge on any atom is 0.272 e. The van der Waals surface area contributed by atoms with Crippen molar-refractivity contribution in [3.63, 3.8) is 0 Å². The number of hydrazone groups is 1. The predicted molar refractivity (Wildman–Crippen MR) is 131 cm³/mol. The first kappa shape index (κ1) is 22.4. The van der Waals surface area contributed by atoms with Crippen molar-refractivity contribution in [1.29, 1.82) is 0 Å². The van der Waals surface area contributed by atoms with Crippen molar-refractivity contribution in [2.45, 2.75) is 34.2 Å². The summed E-state index contributed by atoms with van der Waals surface area (Å²) in [4.78, 5) is 17.7. The van der Waals surface area contributed by atoms with E-state index in [1.165, 1.54) is 12.1 Å². The molecule has 0 unspecified atom stereocenters. The Balaban J connectivity index is 1.63. The monoisotopic (exact) mass is 442 g/mol. The molecule has 4 rings (SSSR count). The van der Waals surface area contributed by atoms with Crippen LogP contribution in [0.2, 0.25) is 0 Å². The van der Waals surface area contributed by atoms with Gasteiger partial charge in [0, 0.05) is 34.4 Å². The molecule has 1 amide bonds. The van der Waals surface area contributed by atoms with E-state index in [4.69, 9.17) is 0 Å². The SMILES string of the molecule is Cc1cc(C=NNC(=O)c2cc(-c3ccc(F)cc3)nc3ccccc23)c(C)n1CC(C)C. The molecule has 4 aromatic rings. The van der Waals surface area contributed by atoms with Gasteiger partial charge in [-0.25, -0.2) is 14.8 Å². The lowest BCUT2D eigenvalue weighted by molar-refractivity contribution is 0.0956. The van der Waals surface area contributed by atoms with Crippen molar-refractivity contribution in [2.75, 3.05) is 0 Å². The highest BCUT2D eigenvalue weighted by molar-refractivity contribution is 6.07. The second-order valence-electron chi connectivity index (χ2n) is 8.61. The zero-order valence-electron chi connectivity index (χ0n) is 19.3. The Labute approximate surface area is 193 Å². The lowest BCUT2D eigenvalue weighted by Gasteiger charge is -2.11. The first-order valence-electron chi connectivity index (χ1n) is 11.0. The standard InChI is InChI=1S/C27H27FN4O/c1-17(2)16-32-18(3)13-21(19(32)4)15-29-31-27(33)24-14-26(20-9-11-22(28)12-10-20)30-25-8-6-5-7-23(24)25/h5-15,17H,16H2,1-4H3,(H,31,33). The Morgan fingerprint density at radius 2 is 1.85 bits per heavy atom. The molecular weight excluding hydrogens is 415 g/mol. The molecule has 1 N–H and O–H groups in total. The second-order valence-corrected chi connectivity index (χ2v) is 8.61. The Kier molecular flexibility index (Phi) is 6.36. The van der Waals surface area contributed by atoms with Gasteiger partial charge < -0.3 is 4.57 Å². The maximum atomic E-state index is 13.4. The molecule has 33 heavy (non-hydrogen) atoms. The third-order valence-corrected chi connectivity index (χ3v) is 5.63. The number of fused-ring (bicyclic) bond motifs is 1.